The molecule has 2 aromatic rings. The highest BCUT2D eigenvalue weighted by molar-refractivity contribution is 6.48. The SMILES string of the molecule is C[SiH](C)O[C@]1(COc2ccc(CNC(=O)OCc3ccc([N+](=O)[O-])cc3)cc2)C[C@H](C(C)(C)C)CN1C(=O)OC(C)(C)C. The molecule has 0 bridgehead atoms. The minimum Gasteiger partial charge on any atom is -0.489 e. The zero-order valence-electron chi connectivity index (χ0n) is 26.5. The van der Waals surface area contributed by atoms with E-state index in [9.17, 15) is 19.7 Å². The molecule has 2 atom stereocenters. The normalized spacial score (nSPS) is 18.8. The predicted octanol–water partition coefficient (Wildman–Crippen LogP) is 6.40. The van der Waals surface area contributed by atoms with Gasteiger partial charge in [-0.3, -0.25) is 15.0 Å². The van der Waals surface area contributed by atoms with Crippen LogP contribution in [0, 0.1) is 21.4 Å². The molecule has 0 aliphatic carbocycles. The second-order valence-electron chi connectivity index (χ2n) is 13.3. The average Bonchev–Trinajstić information content (AvgIpc) is 3.29. The van der Waals surface area contributed by atoms with E-state index in [1.54, 1.807) is 17.0 Å². The zero-order chi connectivity index (χ0) is 32.0. The summed E-state index contributed by atoms with van der Waals surface area (Å²) in [5, 5.41) is 13.5. The number of hydrogen-bond acceptors (Lipinski definition) is 8. The lowest BCUT2D eigenvalue weighted by atomic mass is 9.79. The molecule has 0 spiro atoms. The molecule has 43 heavy (non-hydrogen) atoms. The third-order valence-electron chi connectivity index (χ3n) is 7.10. The van der Waals surface area contributed by atoms with Crippen molar-refractivity contribution in [1.82, 2.24) is 10.2 Å². The van der Waals surface area contributed by atoms with Crippen molar-refractivity contribution in [3.63, 3.8) is 0 Å². The Bertz CT molecular complexity index is 1260. The molecule has 1 N–H and O–H groups in total. The number of carbonyl (C=O) groups excluding carboxylic acids is 2. The number of benzene rings is 2. The van der Waals surface area contributed by atoms with E-state index in [2.05, 4.69) is 39.2 Å². The lowest BCUT2D eigenvalue weighted by molar-refractivity contribution is -0.384. The van der Waals surface area contributed by atoms with Crippen molar-refractivity contribution < 1.29 is 33.1 Å². The van der Waals surface area contributed by atoms with Crippen LogP contribution in [0.25, 0.3) is 0 Å². The van der Waals surface area contributed by atoms with Crippen LogP contribution < -0.4 is 10.1 Å². The summed E-state index contributed by atoms with van der Waals surface area (Å²) in [6, 6.07) is 13.1. The molecule has 0 unspecified atom stereocenters. The quantitative estimate of drug-likeness (QED) is 0.185. The Kier molecular flexibility index (Phi) is 10.8. The van der Waals surface area contributed by atoms with E-state index in [0.29, 0.717) is 24.3 Å². The summed E-state index contributed by atoms with van der Waals surface area (Å²) < 4.78 is 23.8. The van der Waals surface area contributed by atoms with Crippen LogP contribution in [0.15, 0.2) is 48.5 Å². The summed E-state index contributed by atoms with van der Waals surface area (Å²) in [5.41, 5.74) is -0.159. The number of hydrogen-bond donors (Lipinski definition) is 1. The maximum Gasteiger partial charge on any atom is 0.412 e. The van der Waals surface area contributed by atoms with Crippen molar-refractivity contribution in [2.75, 3.05) is 13.2 Å². The molecule has 2 aromatic carbocycles. The van der Waals surface area contributed by atoms with Gasteiger partial charge in [0.15, 0.2) is 14.8 Å². The number of rotatable bonds is 10. The van der Waals surface area contributed by atoms with Gasteiger partial charge in [0.25, 0.3) is 5.69 Å². The molecule has 1 fully saturated rings. The Morgan fingerprint density at radius 3 is 2.16 bits per heavy atom. The summed E-state index contributed by atoms with van der Waals surface area (Å²) >= 11 is 0. The molecule has 1 saturated heterocycles. The molecule has 0 aromatic heterocycles. The number of ether oxygens (including phenoxy) is 3. The first-order valence-electron chi connectivity index (χ1n) is 14.5. The summed E-state index contributed by atoms with van der Waals surface area (Å²) in [4.78, 5) is 37.6. The van der Waals surface area contributed by atoms with Crippen LogP contribution in [0.3, 0.4) is 0 Å². The summed E-state index contributed by atoms with van der Waals surface area (Å²) in [6.07, 6.45) is -0.364. The summed E-state index contributed by atoms with van der Waals surface area (Å²) in [5.74, 6) is 0.811. The van der Waals surface area contributed by atoms with Gasteiger partial charge >= 0.3 is 12.2 Å². The lowest BCUT2D eigenvalue weighted by Gasteiger charge is -2.40. The van der Waals surface area contributed by atoms with Crippen molar-refractivity contribution in [2.45, 2.75) is 85.5 Å². The second-order valence-corrected chi connectivity index (χ2v) is 15.6. The van der Waals surface area contributed by atoms with Crippen LogP contribution in [0.2, 0.25) is 13.1 Å². The number of likely N-dealkylation sites (tertiary alicyclic amines) is 1. The molecule has 11 nitrogen and oxygen atoms in total. The zero-order valence-corrected chi connectivity index (χ0v) is 27.6. The average molecular weight is 616 g/mol. The minimum absolute atomic E-state index is 0.00392. The molecule has 1 aliphatic heterocycles. The van der Waals surface area contributed by atoms with Crippen LogP contribution in [-0.2, 0) is 27.1 Å². The number of nitrogens with one attached hydrogen (secondary N) is 1. The molecule has 2 amide bonds. The maximum atomic E-state index is 13.4. The van der Waals surface area contributed by atoms with Crippen molar-refractivity contribution in [3.05, 3.63) is 69.8 Å². The van der Waals surface area contributed by atoms with E-state index < -0.39 is 37.5 Å². The van der Waals surface area contributed by atoms with Crippen LogP contribution in [0.5, 0.6) is 5.75 Å². The summed E-state index contributed by atoms with van der Waals surface area (Å²) in [6.45, 7) is 17.2. The molecule has 0 radical (unpaired) electrons. The highest BCUT2D eigenvalue weighted by Crippen LogP contribution is 2.44. The van der Waals surface area contributed by atoms with Gasteiger partial charge in [0.2, 0.25) is 0 Å². The van der Waals surface area contributed by atoms with Gasteiger partial charge in [-0.2, -0.15) is 0 Å². The minimum atomic E-state index is -1.60. The Morgan fingerprint density at radius 2 is 1.63 bits per heavy atom. The summed E-state index contributed by atoms with van der Waals surface area (Å²) in [7, 11) is -1.60. The number of nitro groups is 1. The van der Waals surface area contributed by atoms with Gasteiger partial charge in [0.05, 0.1) is 4.92 Å². The molecule has 236 valence electrons. The van der Waals surface area contributed by atoms with Crippen molar-refractivity contribution in [3.8, 4) is 5.75 Å². The van der Waals surface area contributed by atoms with E-state index >= 15 is 0 Å². The van der Waals surface area contributed by atoms with Crippen molar-refractivity contribution >= 4 is 26.9 Å². The standard InChI is InChI=1S/C31H45N3O8Si/c1-29(2,3)24-17-31(42-43(7)8,33(19-24)28(36)41-30(4,5)6)21-40-26-15-11-22(12-16-26)18-32-27(35)39-20-23-9-13-25(14-10-23)34(37)38/h9-16,24,43H,17-21H2,1-8H3,(H,32,35)/t24-,31-/m0/s1. The number of alkyl carbamates (subject to hydrolysis) is 1. The van der Waals surface area contributed by atoms with E-state index in [1.165, 1.54) is 12.1 Å². The molecule has 1 heterocycles. The van der Waals surface area contributed by atoms with E-state index in [1.807, 2.05) is 45.0 Å². The Hall–Kier alpha value is -3.64. The number of amides is 2. The fourth-order valence-electron chi connectivity index (χ4n) is 4.79. The third-order valence-corrected chi connectivity index (χ3v) is 8.01. The first-order valence-corrected chi connectivity index (χ1v) is 17.3. The number of nitrogens with zero attached hydrogens (tertiary/aromatic N) is 2. The fraction of sp³-hybridized carbons (Fsp3) is 0.548. The van der Waals surface area contributed by atoms with Crippen LogP contribution in [0.4, 0.5) is 15.3 Å². The first kappa shape index (κ1) is 33.9. The molecular weight excluding hydrogens is 570 g/mol. The molecular formula is C31H45N3O8Si. The second kappa shape index (κ2) is 13.8. The molecule has 0 saturated carbocycles. The topological polar surface area (TPSA) is 129 Å². The van der Waals surface area contributed by atoms with Crippen LogP contribution >= 0.6 is 0 Å². The van der Waals surface area contributed by atoms with Gasteiger partial charge in [0, 0.05) is 31.6 Å². The molecule has 1 aliphatic rings. The monoisotopic (exact) mass is 615 g/mol. The van der Waals surface area contributed by atoms with Gasteiger partial charge in [-0.1, -0.05) is 32.9 Å². The Morgan fingerprint density at radius 1 is 1.02 bits per heavy atom. The first-order chi connectivity index (χ1) is 20.0. The maximum absolute atomic E-state index is 13.4. The Balaban J connectivity index is 1.62. The smallest absolute Gasteiger partial charge is 0.412 e. The van der Waals surface area contributed by atoms with Gasteiger partial charge in [-0.05, 0) is 80.6 Å². The van der Waals surface area contributed by atoms with E-state index in [4.69, 9.17) is 18.6 Å². The van der Waals surface area contributed by atoms with Crippen LogP contribution in [-0.4, -0.2) is 55.5 Å². The highest BCUT2D eigenvalue weighted by atomic mass is 28.3. The van der Waals surface area contributed by atoms with Gasteiger partial charge in [0.1, 0.15) is 24.6 Å². The van der Waals surface area contributed by atoms with E-state index in [0.717, 1.165) is 5.56 Å². The van der Waals surface area contributed by atoms with Crippen LogP contribution in [0.1, 0.15) is 59.1 Å². The number of non-ortho nitro benzene ring substituents is 1. The van der Waals surface area contributed by atoms with Gasteiger partial charge < -0.3 is 24.0 Å². The lowest BCUT2D eigenvalue weighted by Crippen LogP contribution is -2.56. The third kappa shape index (κ3) is 9.96. The Labute approximate surface area is 255 Å². The molecule has 12 heteroatoms. The number of nitro benzene ring substituents is 1. The largest absolute Gasteiger partial charge is 0.489 e. The number of carbonyl (C=O) groups is 2. The fourth-order valence-corrected chi connectivity index (χ4v) is 5.96. The van der Waals surface area contributed by atoms with E-state index in [-0.39, 0.29) is 36.8 Å². The highest BCUT2D eigenvalue weighted by Gasteiger charge is 2.53. The predicted molar refractivity (Wildman–Crippen MR) is 165 cm³/mol. The van der Waals surface area contributed by atoms with Gasteiger partial charge in [-0.25, -0.2) is 9.59 Å². The van der Waals surface area contributed by atoms with Gasteiger partial charge in [-0.15, -0.1) is 0 Å². The van der Waals surface area contributed by atoms with Crippen molar-refractivity contribution in [2.24, 2.45) is 11.3 Å². The molecule has 3 rings (SSSR count). The van der Waals surface area contributed by atoms with Crippen molar-refractivity contribution in [1.29, 1.82) is 0 Å².